The first-order valence-corrected chi connectivity index (χ1v) is 10.2. The number of rotatable bonds is 5. The third-order valence-corrected chi connectivity index (χ3v) is 5.92. The summed E-state index contributed by atoms with van der Waals surface area (Å²) in [6.45, 7) is 6.59. The maximum Gasteiger partial charge on any atom is 0.226 e. The third kappa shape index (κ3) is 3.87. The van der Waals surface area contributed by atoms with Crippen LogP contribution in [-0.4, -0.2) is 69.5 Å². The number of halogens is 1. The van der Waals surface area contributed by atoms with Crippen molar-refractivity contribution in [1.29, 1.82) is 0 Å². The average molecular weight is 392 g/mol. The molecular formula is C18H26ClN7O. The average Bonchev–Trinajstić information content (AvgIpc) is 3.34. The first-order chi connectivity index (χ1) is 13.2. The highest BCUT2D eigenvalue weighted by molar-refractivity contribution is 6.28. The van der Waals surface area contributed by atoms with Crippen molar-refractivity contribution in [3.8, 4) is 0 Å². The van der Waals surface area contributed by atoms with Gasteiger partial charge in [-0.1, -0.05) is 6.92 Å². The Balaban J connectivity index is 1.41. The van der Waals surface area contributed by atoms with E-state index in [2.05, 4.69) is 42.0 Å². The van der Waals surface area contributed by atoms with E-state index in [9.17, 15) is 4.79 Å². The van der Waals surface area contributed by atoms with E-state index in [1.54, 1.807) is 6.33 Å². The van der Waals surface area contributed by atoms with Crippen molar-refractivity contribution in [2.24, 2.45) is 5.92 Å². The summed E-state index contributed by atoms with van der Waals surface area (Å²) in [5.74, 6) is 0.832. The maximum absolute atomic E-state index is 12.8. The molecule has 0 aliphatic carbocycles. The highest BCUT2D eigenvalue weighted by atomic mass is 35.5. The smallest absolute Gasteiger partial charge is 0.226 e. The number of aromatic nitrogens is 4. The molecule has 2 atom stereocenters. The van der Waals surface area contributed by atoms with Gasteiger partial charge in [0.2, 0.25) is 11.2 Å². The predicted octanol–water partition coefficient (Wildman–Crippen LogP) is 1.82. The van der Waals surface area contributed by atoms with Gasteiger partial charge in [0.25, 0.3) is 0 Å². The fourth-order valence-corrected chi connectivity index (χ4v) is 4.47. The lowest BCUT2D eigenvalue weighted by atomic mass is 9.97. The standard InChI is InChI=1S/C18H26ClN7O/c1-2-25-7-4-6-13(25)9-20-17(27)12-5-3-8-26(10-12)16-14-15(22-11-21-14)23-18(19)24-16/h11-13H,2-10H2,1H3,(H,20,27)(H,21,22,23,24)/t12-,13-/m1/s1. The SMILES string of the molecule is CCN1CCC[C@@H]1CNC(=O)[C@@H]1CCCN(c2nc(Cl)nc3nc[nH]c23)C1. The van der Waals surface area contributed by atoms with Crippen molar-refractivity contribution in [3.05, 3.63) is 11.6 Å². The van der Waals surface area contributed by atoms with Crippen LogP contribution in [0.25, 0.3) is 11.2 Å². The monoisotopic (exact) mass is 391 g/mol. The summed E-state index contributed by atoms with van der Waals surface area (Å²) in [4.78, 5) is 33.1. The minimum absolute atomic E-state index is 0.0399. The zero-order chi connectivity index (χ0) is 18.8. The molecule has 2 aliphatic heterocycles. The van der Waals surface area contributed by atoms with Gasteiger partial charge in [0.1, 0.15) is 5.52 Å². The number of hydrogen-bond acceptors (Lipinski definition) is 6. The van der Waals surface area contributed by atoms with Gasteiger partial charge < -0.3 is 15.2 Å². The molecule has 4 heterocycles. The van der Waals surface area contributed by atoms with Crippen molar-refractivity contribution in [3.63, 3.8) is 0 Å². The molecule has 27 heavy (non-hydrogen) atoms. The zero-order valence-electron chi connectivity index (χ0n) is 15.6. The molecular weight excluding hydrogens is 366 g/mol. The summed E-state index contributed by atoms with van der Waals surface area (Å²) in [6.07, 6.45) is 5.83. The highest BCUT2D eigenvalue weighted by Crippen LogP contribution is 2.27. The van der Waals surface area contributed by atoms with E-state index in [0.717, 1.165) is 50.4 Å². The van der Waals surface area contributed by atoms with Crippen LogP contribution in [0.4, 0.5) is 5.82 Å². The van der Waals surface area contributed by atoms with Crippen molar-refractivity contribution in [2.45, 2.75) is 38.6 Å². The van der Waals surface area contributed by atoms with E-state index in [0.29, 0.717) is 18.2 Å². The van der Waals surface area contributed by atoms with Gasteiger partial charge in [0.05, 0.1) is 12.2 Å². The number of piperidine rings is 1. The molecule has 0 bridgehead atoms. The number of likely N-dealkylation sites (tertiary alicyclic amines) is 1. The molecule has 0 aromatic carbocycles. The molecule has 2 aromatic heterocycles. The first kappa shape index (κ1) is 18.4. The number of fused-ring (bicyclic) bond motifs is 1. The molecule has 2 aliphatic rings. The van der Waals surface area contributed by atoms with Crippen LogP contribution >= 0.6 is 11.6 Å². The van der Waals surface area contributed by atoms with Crippen molar-refractivity contribution < 1.29 is 4.79 Å². The lowest BCUT2D eigenvalue weighted by molar-refractivity contribution is -0.125. The molecule has 4 rings (SSSR count). The number of aromatic amines is 1. The van der Waals surface area contributed by atoms with Gasteiger partial charge in [-0.15, -0.1) is 0 Å². The number of amides is 1. The van der Waals surface area contributed by atoms with Gasteiger partial charge in [0.15, 0.2) is 11.5 Å². The minimum atomic E-state index is -0.0399. The second kappa shape index (κ2) is 7.98. The number of carbonyl (C=O) groups is 1. The summed E-state index contributed by atoms with van der Waals surface area (Å²) in [7, 11) is 0. The number of imidazole rings is 1. The Morgan fingerprint density at radius 1 is 1.33 bits per heavy atom. The van der Waals surface area contributed by atoms with E-state index in [4.69, 9.17) is 11.6 Å². The third-order valence-electron chi connectivity index (χ3n) is 5.75. The largest absolute Gasteiger partial charge is 0.354 e. The number of nitrogens with zero attached hydrogens (tertiary/aromatic N) is 5. The predicted molar refractivity (Wildman–Crippen MR) is 105 cm³/mol. The molecule has 0 unspecified atom stereocenters. The van der Waals surface area contributed by atoms with Gasteiger partial charge in [-0.25, -0.2) is 4.98 Å². The van der Waals surface area contributed by atoms with E-state index in [1.165, 1.54) is 12.8 Å². The number of likely N-dealkylation sites (N-methyl/N-ethyl adjacent to an activating group) is 1. The van der Waals surface area contributed by atoms with Gasteiger partial charge in [0, 0.05) is 25.7 Å². The highest BCUT2D eigenvalue weighted by Gasteiger charge is 2.29. The fraction of sp³-hybridized carbons (Fsp3) is 0.667. The number of H-pyrrole nitrogens is 1. The summed E-state index contributed by atoms with van der Waals surface area (Å²) < 4.78 is 0. The Morgan fingerprint density at radius 2 is 2.19 bits per heavy atom. The van der Waals surface area contributed by atoms with E-state index < -0.39 is 0 Å². The normalized spacial score (nSPS) is 23.9. The molecule has 2 aromatic rings. The Kier molecular flexibility index (Phi) is 5.45. The second-order valence-corrected chi connectivity index (χ2v) is 7.71. The summed E-state index contributed by atoms with van der Waals surface area (Å²) >= 11 is 6.06. The summed E-state index contributed by atoms with van der Waals surface area (Å²) in [6, 6.07) is 0.476. The fourth-order valence-electron chi connectivity index (χ4n) is 4.31. The molecule has 1 amide bonds. The summed E-state index contributed by atoms with van der Waals surface area (Å²) in [5.41, 5.74) is 1.32. The van der Waals surface area contributed by atoms with E-state index in [-0.39, 0.29) is 17.1 Å². The van der Waals surface area contributed by atoms with Crippen LogP contribution in [0.15, 0.2) is 6.33 Å². The van der Waals surface area contributed by atoms with Crippen LogP contribution < -0.4 is 10.2 Å². The van der Waals surface area contributed by atoms with Gasteiger partial charge in [-0.05, 0) is 50.4 Å². The quantitative estimate of drug-likeness (QED) is 0.755. The number of nitrogens with one attached hydrogen (secondary N) is 2. The molecule has 0 spiro atoms. The number of carbonyl (C=O) groups excluding carboxylic acids is 1. The topological polar surface area (TPSA) is 90.0 Å². The van der Waals surface area contributed by atoms with Gasteiger partial charge in [-0.2, -0.15) is 9.97 Å². The van der Waals surface area contributed by atoms with Crippen LogP contribution in [0, 0.1) is 5.92 Å². The van der Waals surface area contributed by atoms with Crippen LogP contribution in [0.2, 0.25) is 5.28 Å². The Labute approximate surface area is 163 Å². The van der Waals surface area contributed by atoms with E-state index in [1.807, 2.05) is 0 Å². The maximum atomic E-state index is 12.8. The van der Waals surface area contributed by atoms with Crippen molar-refractivity contribution >= 4 is 34.5 Å². The van der Waals surface area contributed by atoms with Crippen LogP contribution in [0.5, 0.6) is 0 Å². The Morgan fingerprint density at radius 3 is 3.04 bits per heavy atom. The van der Waals surface area contributed by atoms with Crippen LogP contribution in [-0.2, 0) is 4.79 Å². The van der Waals surface area contributed by atoms with Gasteiger partial charge in [-0.3, -0.25) is 9.69 Å². The van der Waals surface area contributed by atoms with Gasteiger partial charge >= 0.3 is 0 Å². The molecule has 8 nitrogen and oxygen atoms in total. The number of anilines is 1. The lowest BCUT2D eigenvalue weighted by Gasteiger charge is -2.33. The lowest BCUT2D eigenvalue weighted by Crippen LogP contribution is -2.46. The number of hydrogen-bond donors (Lipinski definition) is 2. The van der Waals surface area contributed by atoms with Crippen molar-refractivity contribution in [2.75, 3.05) is 37.6 Å². The molecule has 0 saturated carbocycles. The Hall–Kier alpha value is -1.93. The second-order valence-electron chi connectivity index (χ2n) is 7.37. The summed E-state index contributed by atoms with van der Waals surface area (Å²) in [5, 5.41) is 3.37. The van der Waals surface area contributed by atoms with Crippen LogP contribution in [0.1, 0.15) is 32.6 Å². The Bertz CT molecular complexity index is 810. The van der Waals surface area contributed by atoms with Crippen molar-refractivity contribution in [1.82, 2.24) is 30.2 Å². The molecule has 2 N–H and O–H groups in total. The minimum Gasteiger partial charge on any atom is -0.354 e. The molecule has 146 valence electrons. The molecule has 2 fully saturated rings. The zero-order valence-corrected chi connectivity index (χ0v) is 16.4. The van der Waals surface area contributed by atoms with Crippen LogP contribution in [0.3, 0.4) is 0 Å². The molecule has 0 radical (unpaired) electrons. The molecule has 2 saturated heterocycles. The first-order valence-electron chi connectivity index (χ1n) is 9.79. The van der Waals surface area contributed by atoms with E-state index >= 15 is 0 Å². The molecule has 9 heteroatoms.